The van der Waals surface area contributed by atoms with Crippen LogP contribution in [0.3, 0.4) is 0 Å². The van der Waals surface area contributed by atoms with Crippen LogP contribution in [-0.2, 0) is 7.05 Å². The van der Waals surface area contributed by atoms with Gasteiger partial charge in [0.1, 0.15) is 0 Å². The number of hydrogen-bond donors (Lipinski definition) is 2. The summed E-state index contributed by atoms with van der Waals surface area (Å²) >= 11 is 0. The number of H-pyrrole nitrogens is 1. The van der Waals surface area contributed by atoms with E-state index in [-0.39, 0.29) is 17.3 Å². The molecule has 8 heteroatoms. The molecule has 3 aromatic heterocycles. The molecule has 0 spiro atoms. The predicted octanol–water partition coefficient (Wildman–Crippen LogP) is -0.600. The standard InChI is InChI=1S/C9H9N7O/c1-15-4-5(3-11-15)6-2-7(17)16-9(12-6)13-8(10)14-16/h2-4H,1H3,(H3,10,12,13,14). The molecule has 3 aromatic rings. The van der Waals surface area contributed by atoms with Crippen molar-refractivity contribution in [3.63, 3.8) is 0 Å². The molecule has 3 N–H and O–H groups in total. The van der Waals surface area contributed by atoms with Gasteiger partial charge in [0.05, 0.1) is 11.9 Å². The highest BCUT2D eigenvalue weighted by molar-refractivity contribution is 5.58. The Bertz CT molecular complexity index is 750. The number of nitrogen functional groups attached to an aromatic ring is 1. The van der Waals surface area contributed by atoms with E-state index in [1.807, 2.05) is 0 Å². The highest BCUT2D eigenvalue weighted by Gasteiger charge is 2.08. The van der Waals surface area contributed by atoms with Crippen molar-refractivity contribution >= 4 is 11.7 Å². The topological polar surface area (TPSA) is 107 Å². The second kappa shape index (κ2) is 3.17. The van der Waals surface area contributed by atoms with Crippen LogP contribution in [0.1, 0.15) is 0 Å². The molecular formula is C9H9N7O. The molecular weight excluding hydrogens is 222 g/mol. The van der Waals surface area contributed by atoms with Gasteiger partial charge in [0.15, 0.2) is 0 Å². The molecule has 86 valence electrons. The smallest absolute Gasteiger partial charge is 0.274 e. The number of anilines is 1. The zero-order valence-corrected chi connectivity index (χ0v) is 8.95. The minimum Gasteiger partial charge on any atom is -0.368 e. The van der Waals surface area contributed by atoms with E-state index in [0.717, 1.165) is 5.56 Å². The fraction of sp³-hybridized carbons (Fsp3) is 0.111. The minimum atomic E-state index is -0.266. The van der Waals surface area contributed by atoms with Crippen molar-refractivity contribution in [2.24, 2.45) is 7.05 Å². The van der Waals surface area contributed by atoms with E-state index in [0.29, 0.717) is 5.69 Å². The quantitative estimate of drug-likeness (QED) is 0.581. The number of rotatable bonds is 1. The Labute approximate surface area is 94.7 Å². The van der Waals surface area contributed by atoms with Crippen molar-refractivity contribution in [3.8, 4) is 11.3 Å². The summed E-state index contributed by atoms with van der Waals surface area (Å²) in [5.41, 5.74) is 6.48. The van der Waals surface area contributed by atoms with Gasteiger partial charge in [-0.2, -0.15) is 14.6 Å². The Morgan fingerprint density at radius 2 is 2.24 bits per heavy atom. The Kier molecular flexibility index (Phi) is 1.79. The first-order valence-electron chi connectivity index (χ1n) is 4.88. The first kappa shape index (κ1) is 9.58. The molecule has 0 bridgehead atoms. The highest BCUT2D eigenvalue weighted by Crippen LogP contribution is 2.14. The van der Waals surface area contributed by atoms with Gasteiger partial charge >= 0.3 is 0 Å². The third-order valence-electron chi connectivity index (χ3n) is 2.35. The van der Waals surface area contributed by atoms with Crippen LogP contribution < -0.4 is 11.3 Å². The number of aromatic amines is 1. The van der Waals surface area contributed by atoms with Gasteiger partial charge in [-0.15, -0.1) is 0 Å². The summed E-state index contributed by atoms with van der Waals surface area (Å²) in [7, 11) is 1.79. The maximum atomic E-state index is 11.8. The minimum absolute atomic E-state index is 0.151. The van der Waals surface area contributed by atoms with Crippen LogP contribution in [0.4, 0.5) is 5.95 Å². The zero-order valence-electron chi connectivity index (χ0n) is 8.95. The van der Waals surface area contributed by atoms with Gasteiger partial charge in [0.25, 0.3) is 11.3 Å². The van der Waals surface area contributed by atoms with Crippen LogP contribution >= 0.6 is 0 Å². The van der Waals surface area contributed by atoms with Gasteiger partial charge in [-0.3, -0.25) is 14.6 Å². The van der Waals surface area contributed by atoms with E-state index in [2.05, 4.69) is 20.2 Å². The molecule has 0 amide bonds. The van der Waals surface area contributed by atoms with Crippen molar-refractivity contribution in [1.29, 1.82) is 0 Å². The van der Waals surface area contributed by atoms with Gasteiger partial charge in [0.2, 0.25) is 5.95 Å². The Balaban J connectivity index is 2.28. The molecule has 0 saturated heterocycles. The number of hydrogen-bond acceptors (Lipinski definition) is 5. The van der Waals surface area contributed by atoms with Gasteiger partial charge in [-0.05, 0) is 0 Å². The van der Waals surface area contributed by atoms with Crippen LogP contribution in [-0.4, -0.2) is 29.4 Å². The molecule has 0 fully saturated rings. The van der Waals surface area contributed by atoms with E-state index >= 15 is 0 Å². The lowest BCUT2D eigenvalue weighted by Gasteiger charge is -1.95. The summed E-state index contributed by atoms with van der Waals surface area (Å²) in [6, 6.07) is 1.40. The van der Waals surface area contributed by atoms with Crippen LogP contribution in [0.5, 0.6) is 0 Å². The van der Waals surface area contributed by atoms with Crippen LogP contribution in [0.25, 0.3) is 17.0 Å². The fourth-order valence-electron chi connectivity index (χ4n) is 1.60. The summed E-state index contributed by atoms with van der Waals surface area (Å²) < 4.78 is 2.83. The fourth-order valence-corrected chi connectivity index (χ4v) is 1.60. The summed E-state index contributed by atoms with van der Waals surface area (Å²) in [6.45, 7) is 0. The molecule has 3 heterocycles. The average Bonchev–Trinajstić information content (AvgIpc) is 2.83. The lowest BCUT2D eigenvalue weighted by molar-refractivity contribution is 0.768. The van der Waals surface area contributed by atoms with Crippen molar-refractivity contribution in [2.45, 2.75) is 0 Å². The van der Waals surface area contributed by atoms with Gasteiger partial charge < -0.3 is 5.73 Å². The molecule has 0 radical (unpaired) electrons. The molecule has 0 aliphatic carbocycles. The summed E-state index contributed by atoms with van der Waals surface area (Å²) in [5, 5.41) is 6.62. The number of nitrogens with one attached hydrogen (secondary N) is 1. The summed E-state index contributed by atoms with van der Waals surface area (Å²) in [4.78, 5) is 19.9. The Hall–Kier alpha value is -2.64. The van der Waals surface area contributed by atoms with Crippen molar-refractivity contribution < 1.29 is 0 Å². The molecule has 17 heavy (non-hydrogen) atoms. The lowest BCUT2D eigenvalue weighted by atomic mass is 10.2. The first-order valence-corrected chi connectivity index (χ1v) is 4.88. The second-order valence-corrected chi connectivity index (χ2v) is 3.63. The molecule has 8 nitrogen and oxygen atoms in total. The maximum Gasteiger partial charge on any atom is 0.274 e. The first-order chi connectivity index (χ1) is 8.13. The number of aryl methyl sites for hydroxylation is 1. The lowest BCUT2D eigenvalue weighted by Crippen LogP contribution is -2.14. The molecule has 3 rings (SSSR count). The summed E-state index contributed by atoms with van der Waals surface area (Å²) in [5.74, 6) is 0.395. The largest absolute Gasteiger partial charge is 0.368 e. The number of aromatic nitrogens is 6. The van der Waals surface area contributed by atoms with E-state index in [9.17, 15) is 4.79 Å². The number of fused-ring (bicyclic) bond motifs is 1. The van der Waals surface area contributed by atoms with Crippen molar-refractivity contribution in [2.75, 3.05) is 5.73 Å². The van der Waals surface area contributed by atoms with E-state index in [1.54, 1.807) is 24.1 Å². The van der Waals surface area contributed by atoms with Gasteiger partial charge in [-0.1, -0.05) is 0 Å². The monoisotopic (exact) mass is 231 g/mol. The molecule has 0 aromatic carbocycles. The highest BCUT2D eigenvalue weighted by atomic mass is 16.1. The molecule has 0 aliphatic heterocycles. The summed E-state index contributed by atoms with van der Waals surface area (Å²) in [6.07, 6.45) is 3.41. The number of nitrogens with two attached hydrogens (primary N) is 1. The third kappa shape index (κ3) is 1.46. The second-order valence-electron chi connectivity index (χ2n) is 3.63. The predicted molar refractivity (Wildman–Crippen MR) is 60.2 cm³/mol. The van der Waals surface area contributed by atoms with Crippen LogP contribution in [0.15, 0.2) is 23.3 Å². The molecule has 0 atom stereocenters. The SMILES string of the molecule is Cn1cc(-c2cc(=O)n3[nH]c(N)nc3n2)cn1. The van der Waals surface area contributed by atoms with Crippen LogP contribution in [0, 0.1) is 0 Å². The van der Waals surface area contributed by atoms with E-state index < -0.39 is 0 Å². The van der Waals surface area contributed by atoms with Crippen LogP contribution in [0.2, 0.25) is 0 Å². The van der Waals surface area contributed by atoms with Gasteiger partial charge in [-0.25, -0.2) is 4.98 Å². The maximum absolute atomic E-state index is 11.8. The molecule has 0 unspecified atom stereocenters. The Morgan fingerprint density at radius 3 is 2.94 bits per heavy atom. The van der Waals surface area contributed by atoms with Gasteiger partial charge in [0, 0.05) is 24.9 Å². The Morgan fingerprint density at radius 1 is 1.41 bits per heavy atom. The number of nitrogens with zero attached hydrogens (tertiary/aromatic N) is 5. The van der Waals surface area contributed by atoms with Crippen molar-refractivity contribution in [1.82, 2.24) is 29.4 Å². The zero-order chi connectivity index (χ0) is 12.0. The third-order valence-corrected chi connectivity index (χ3v) is 2.35. The molecule has 0 aliphatic rings. The van der Waals surface area contributed by atoms with E-state index in [1.165, 1.54) is 10.6 Å². The molecule has 0 saturated carbocycles. The average molecular weight is 231 g/mol. The van der Waals surface area contributed by atoms with E-state index in [4.69, 9.17) is 5.73 Å². The van der Waals surface area contributed by atoms with Crippen molar-refractivity contribution in [3.05, 3.63) is 28.8 Å². The normalized spacial score (nSPS) is 11.1.